The molecule has 0 bridgehead atoms. The SMILES string of the molecule is CCCNc1ccc(OC)c(OC)c1. The minimum atomic E-state index is 0.758. The lowest BCUT2D eigenvalue weighted by Crippen LogP contribution is -2.00. The van der Waals surface area contributed by atoms with E-state index in [0.717, 1.165) is 30.2 Å². The lowest BCUT2D eigenvalue weighted by molar-refractivity contribution is 0.355. The Bertz CT molecular complexity index is 287. The summed E-state index contributed by atoms with van der Waals surface area (Å²) < 4.78 is 10.3. The van der Waals surface area contributed by atoms with Crippen LogP contribution in [0.4, 0.5) is 5.69 Å². The monoisotopic (exact) mass is 195 g/mol. The van der Waals surface area contributed by atoms with Crippen molar-refractivity contribution in [3.63, 3.8) is 0 Å². The van der Waals surface area contributed by atoms with E-state index in [1.165, 1.54) is 0 Å². The van der Waals surface area contributed by atoms with E-state index < -0.39 is 0 Å². The largest absolute Gasteiger partial charge is 0.493 e. The van der Waals surface area contributed by atoms with Crippen LogP contribution in [0.2, 0.25) is 0 Å². The molecule has 3 heteroatoms. The van der Waals surface area contributed by atoms with E-state index in [1.807, 2.05) is 18.2 Å². The van der Waals surface area contributed by atoms with Gasteiger partial charge in [-0.15, -0.1) is 0 Å². The summed E-state index contributed by atoms with van der Waals surface area (Å²) in [6.07, 6.45) is 1.11. The van der Waals surface area contributed by atoms with E-state index in [2.05, 4.69) is 12.2 Å². The Morgan fingerprint density at radius 1 is 1.14 bits per heavy atom. The Morgan fingerprint density at radius 3 is 2.43 bits per heavy atom. The maximum absolute atomic E-state index is 5.19. The maximum atomic E-state index is 5.19. The number of ether oxygens (including phenoxy) is 2. The number of benzene rings is 1. The van der Waals surface area contributed by atoms with Crippen molar-refractivity contribution in [3.05, 3.63) is 18.2 Å². The molecule has 0 fully saturated rings. The molecule has 0 aromatic heterocycles. The highest BCUT2D eigenvalue weighted by Gasteiger charge is 2.03. The van der Waals surface area contributed by atoms with E-state index in [0.29, 0.717) is 0 Å². The van der Waals surface area contributed by atoms with Crippen LogP contribution in [0.5, 0.6) is 11.5 Å². The molecule has 1 rings (SSSR count). The molecule has 1 N–H and O–H groups in total. The summed E-state index contributed by atoms with van der Waals surface area (Å²) in [4.78, 5) is 0. The van der Waals surface area contributed by atoms with Crippen molar-refractivity contribution in [1.29, 1.82) is 0 Å². The lowest BCUT2D eigenvalue weighted by atomic mass is 10.2. The van der Waals surface area contributed by atoms with Crippen LogP contribution < -0.4 is 14.8 Å². The Morgan fingerprint density at radius 2 is 1.86 bits per heavy atom. The van der Waals surface area contributed by atoms with Crippen LogP contribution >= 0.6 is 0 Å². The summed E-state index contributed by atoms with van der Waals surface area (Å²) in [5.74, 6) is 1.52. The Labute approximate surface area is 85.0 Å². The Hall–Kier alpha value is -1.38. The number of nitrogens with one attached hydrogen (secondary N) is 1. The molecule has 0 aliphatic rings. The molecule has 0 radical (unpaired) electrons. The molecule has 1 aromatic carbocycles. The van der Waals surface area contributed by atoms with Crippen LogP contribution in [-0.4, -0.2) is 20.8 Å². The molecule has 0 saturated heterocycles. The predicted octanol–water partition coefficient (Wildman–Crippen LogP) is 2.53. The van der Waals surface area contributed by atoms with Crippen molar-refractivity contribution in [1.82, 2.24) is 0 Å². The molecule has 0 aliphatic carbocycles. The van der Waals surface area contributed by atoms with Crippen LogP contribution in [0.1, 0.15) is 13.3 Å². The second kappa shape index (κ2) is 5.37. The van der Waals surface area contributed by atoms with Gasteiger partial charge >= 0.3 is 0 Å². The van der Waals surface area contributed by atoms with E-state index in [1.54, 1.807) is 14.2 Å². The lowest BCUT2D eigenvalue weighted by Gasteiger charge is -2.10. The zero-order chi connectivity index (χ0) is 10.4. The fourth-order valence-electron chi connectivity index (χ4n) is 1.22. The first-order valence-electron chi connectivity index (χ1n) is 4.77. The van der Waals surface area contributed by atoms with Crippen molar-refractivity contribution >= 4 is 5.69 Å². The fourth-order valence-corrected chi connectivity index (χ4v) is 1.22. The molecule has 14 heavy (non-hydrogen) atoms. The zero-order valence-corrected chi connectivity index (χ0v) is 8.96. The summed E-state index contributed by atoms with van der Waals surface area (Å²) in [6.45, 7) is 3.10. The molecule has 0 amide bonds. The Kier molecular flexibility index (Phi) is 4.11. The molecule has 0 aliphatic heterocycles. The summed E-state index contributed by atoms with van der Waals surface area (Å²) in [7, 11) is 3.28. The van der Waals surface area contributed by atoms with Gasteiger partial charge in [0.05, 0.1) is 14.2 Å². The highest BCUT2D eigenvalue weighted by molar-refractivity contribution is 5.54. The quantitative estimate of drug-likeness (QED) is 0.783. The van der Waals surface area contributed by atoms with Crippen LogP contribution in [0.3, 0.4) is 0 Å². The van der Waals surface area contributed by atoms with Crippen molar-refractivity contribution in [2.45, 2.75) is 13.3 Å². The summed E-state index contributed by atoms with van der Waals surface area (Å²) >= 11 is 0. The first kappa shape index (κ1) is 10.7. The van der Waals surface area contributed by atoms with Crippen LogP contribution in [0.25, 0.3) is 0 Å². The summed E-state index contributed by atoms with van der Waals surface area (Å²) in [5.41, 5.74) is 1.06. The number of methoxy groups -OCH3 is 2. The summed E-state index contributed by atoms with van der Waals surface area (Å²) in [5, 5.41) is 3.28. The third-order valence-corrected chi connectivity index (χ3v) is 1.96. The van der Waals surface area contributed by atoms with Crippen LogP contribution in [0, 0.1) is 0 Å². The van der Waals surface area contributed by atoms with Crippen molar-refractivity contribution in [2.75, 3.05) is 26.1 Å². The summed E-state index contributed by atoms with van der Waals surface area (Å²) in [6, 6.07) is 5.82. The molecular formula is C11H17NO2. The number of hydrogen-bond acceptors (Lipinski definition) is 3. The van der Waals surface area contributed by atoms with Gasteiger partial charge in [-0.3, -0.25) is 0 Å². The third kappa shape index (κ3) is 2.55. The van der Waals surface area contributed by atoms with Crippen molar-refractivity contribution in [3.8, 4) is 11.5 Å². The fraction of sp³-hybridized carbons (Fsp3) is 0.455. The second-order valence-corrected chi connectivity index (χ2v) is 3.00. The molecule has 3 nitrogen and oxygen atoms in total. The van der Waals surface area contributed by atoms with Gasteiger partial charge in [0.25, 0.3) is 0 Å². The Balaban J connectivity index is 2.79. The standard InChI is InChI=1S/C11H17NO2/c1-4-7-12-9-5-6-10(13-2)11(8-9)14-3/h5-6,8,12H,4,7H2,1-3H3. The van der Waals surface area contributed by atoms with Gasteiger partial charge in [-0.1, -0.05) is 6.92 Å². The van der Waals surface area contributed by atoms with Crippen molar-refractivity contribution < 1.29 is 9.47 Å². The third-order valence-electron chi connectivity index (χ3n) is 1.96. The van der Waals surface area contributed by atoms with Gasteiger partial charge < -0.3 is 14.8 Å². The number of hydrogen-bond donors (Lipinski definition) is 1. The van der Waals surface area contributed by atoms with Crippen LogP contribution in [0.15, 0.2) is 18.2 Å². The first-order chi connectivity index (χ1) is 6.81. The van der Waals surface area contributed by atoms with E-state index in [4.69, 9.17) is 9.47 Å². The topological polar surface area (TPSA) is 30.5 Å². The molecule has 1 aromatic rings. The van der Waals surface area contributed by atoms with Gasteiger partial charge in [0.2, 0.25) is 0 Å². The predicted molar refractivity (Wildman–Crippen MR) is 58.3 cm³/mol. The molecule has 0 atom stereocenters. The molecule has 0 saturated carbocycles. The van der Waals surface area contributed by atoms with Gasteiger partial charge in [-0.25, -0.2) is 0 Å². The molecular weight excluding hydrogens is 178 g/mol. The zero-order valence-electron chi connectivity index (χ0n) is 8.96. The molecule has 0 unspecified atom stereocenters. The van der Waals surface area contributed by atoms with Gasteiger partial charge in [0.15, 0.2) is 11.5 Å². The highest BCUT2D eigenvalue weighted by atomic mass is 16.5. The van der Waals surface area contributed by atoms with Crippen LogP contribution in [-0.2, 0) is 0 Å². The molecule has 0 spiro atoms. The second-order valence-electron chi connectivity index (χ2n) is 3.00. The van der Waals surface area contributed by atoms with Gasteiger partial charge in [-0.05, 0) is 18.6 Å². The number of anilines is 1. The van der Waals surface area contributed by atoms with E-state index in [-0.39, 0.29) is 0 Å². The molecule has 0 heterocycles. The van der Waals surface area contributed by atoms with E-state index in [9.17, 15) is 0 Å². The van der Waals surface area contributed by atoms with E-state index >= 15 is 0 Å². The maximum Gasteiger partial charge on any atom is 0.162 e. The van der Waals surface area contributed by atoms with Crippen molar-refractivity contribution in [2.24, 2.45) is 0 Å². The van der Waals surface area contributed by atoms with Gasteiger partial charge in [0.1, 0.15) is 0 Å². The average Bonchev–Trinajstić information content (AvgIpc) is 2.25. The molecule has 78 valence electrons. The minimum absolute atomic E-state index is 0.758. The highest BCUT2D eigenvalue weighted by Crippen LogP contribution is 2.29. The van der Waals surface area contributed by atoms with Gasteiger partial charge in [-0.2, -0.15) is 0 Å². The van der Waals surface area contributed by atoms with Gasteiger partial charge in [0, 0.05) is 18.3 Å². The smallest absolute Gasteiger partial charge is 0.162 e. The average molecular weight is 195 g/mol. The number of rotatable bonds is 5. The minimum Gasteiger partial charge on any atom is -0.493 e. The first-order valence-corrected chi connectivity index (χ1v) is 4.77. The normalized spacial score (nSPS) is 9.64.